The highest BCUT2D eigenvalue weighted by Crippen LogP contribution is 2.24. The maximum atomic E-state index is 12.4. The molecule has 1 fully saturated rings. The SMILES string of the molecule is CCOc1ccccc1NC(=O)N1CCN(CCOC)CC1. The van der Waals surface area contributed by atoms with Crippen molar-refractivity contribution in [1.29, 1.82) is 0 Å². The molecule has 22 heavy (non-hydrogen) atoms. The van der Waals surface area contributed by atoms with Gasteiger partial charge in [-0.3, -0.25) is 4.90 Å². The normalized spacial score (nSPS) is 15.6. The molecule has 1 aliphatic rings. The van der Waals surface area contributed by atoms with E-state index in [0.717, 1.165) is 45.0 Å². The largest absolute Gasteiger partial charge is 0.492 e. The van der Waals surface area contributed by atoms with Crippen LogP contribution in [0.3, 0.4) is 0 Å². The molecule has 0 aromatic heterocycles. The van der Waals surface area contributed by atoms with Crippen molar-refractivity contribution in [3.8, 4) is 5.75 Å². The molecule has 1 aromatic carbocycles. The molecule has 0 atom stereocenters. The molecule has 0 unspecified atom stereocenters. The van der Waals surface area contributed by atoms with Gasteiger partial charge >= 0.3 is 6.03 Å². The monoisotopic (exact) mass is 307 g/mol. The highest BCUT2D eigenvalue weighted by molar-refractivity contribution is 5.91. The second-order valence-corrected chi connectivity index (χ2v) is 5.18. The van der Waals surface area contributed by atoms with Crippen LogP contribution in [0.15, 0.2) is 24.3 Å². The van der Waals surface area contributed by atoms with Gasteiger partial charge in [-0.05, 0) is 19.1 Å². The van der Waals surface area contributed by atoms with Crippen molar-refractivity contribution in [3.63, 3.8) is 0 Å². The maximum absolute atomic E-state index is 12.4. The van der Waals surface area contributed by atoms with Gasteiger partial charge < -0.3 is 19.7 Å². The third-order valence-corrected chi connectivity index (χ3v) is 3.70. The van der Waals surface area contributed by atoms with E-state index in [9.17, 15) is 4.79 Å². The van der Waals surface area contributed by atoms with Crippen molar-refractivity contribution in [3.05, 3.63) is 24.3 Å². The lowest BCUT2D eigenvalue weighted by molar-refractivity contribution is 0.109. The average Bonchev–Trinajstić information content (AvgIpc) is 2.55. The van der Waals surface area contributed by atoms with E-state index in [0.29, 0.717) is 12.4 Å². The predicted octanol–water partition coefficient (Wildman–Crippen LogP) is 1.88. The number of piperazine rings is 1. The Hall–Kier alpha value is -1.79. The number of anilines is 1. The summed E-state index contributed by atoms with van der Waals surface area (Å²) in [5.74, 6) is 0.706. The van der Waals surface area contributed by atoms with Gasteiger partial charge in [0.2, 0.25) is 0 Å². The fraction of sp³-hybridized carbons (Fsp3) is 0.562. The van der Waals surface area contributed by atoms with Crippen LogP contribution < -0.4 is 10.1 Å². The first-order chi connectivity index (χ1) is 10.7. The molecule has 0 bridgehead atoms. The van der Waals surface area contributed by atoms with Gasteiger partial charge in [-0.15, -0.1) is 0 Å². The van der Waals surface area contributed by atoms with Crippen molar-refractivity contribution in [2.75, 3.05) is 58.4 Å². The highest BCUT2D eigenvalue weighted by Gasteiger charge is 2.21. The number of rotatable bonds is 6. The summed E-state index contributed by atoms with van der Waals surface area (Å²) < 4.78 is 10.6. The molecule has 0 aliphatic carbocycles. The number of carbonyl (C=O) groups excluding carboxylic acids is 1. The summed E-state index contributed by atoms with van der Waals surface area (Å²) in [6, 6.07) is 7.44. The molecule has 1 heterocycles. The van der Waals surface area contributed by atoms with E-state index in [2.05, 4.69) is 10.2 Å². The van der Waals surface area contributed by atoms with Gasteiger partial charge in [-0.2, -0.15) is 0 Å². The van der Waals surface area contributed by atoms with E-state index in [1.54, 1.807) is 7.11 Å². The molecule has 0 saturated carbocycles. The zero-order valence-electron chi connectivity index (χ0n) is 13.4. The van der Waals surface area contributed by atoms with Crippen LogP contribution in [0, 0.1) is 0 Å². The van der Waals surface area contributed by atoms with Crippen LogP contribution in [-0.4, -0.2) is 68.9 Å². The Kier molecular flexibility index (Phi) is 6.48. The second-order valence-electron chi connectivity index (χ2n) is 5.18. The molecule has 6 heteroatoms. The Labute approximate surface area is 132 Å². The molecule has 1 aliphatic heterocycles. The number of nitrogens with one attached hydrogen (secondary N) is 1. The third-order valence-electron chi connectivity index (χ3n) is 3.70. The average molecular weight is 307 g/mol. The fourth-order valence-corrected chi connectivity index (χ4v) is 2.44. The molecule has 1 N–H and O–H groups in total. The minimum Gasteiger partial charge on any atom is -0.492 e. The summed E-state index contributed by atoms with van der Waals surface area (Å²) in [5, 5.41) is 2.94. The van der Waals surface area contributed by atoms with Crippen LogP contribution in [0.5, 0.6) is 5.75 Å². The van der Waals surface area contributed by atoms with Crippen molar-refractivity contribution < 1.29 is 14.3 Å². The zero-order valence-corrected chi connectivity index (χ0v) is 13.4. The van der Waals surface area contributed by atoms with Crippen LogP contribution in [0.25, 0.3) is 0 Å². The molecular formula is C16H25N3O3. The first kappa shape index (κ1) is 16.6. The number of hydrogen-bond donors (Lipinski definition) is 1. The molecular weight excluding hydrogens is 282 g/mol. The van der Waals surface area contributed by atoms with E-state index in [-0.39, 0.29) is 6.03 Å². The van der Waals surface area contributed by atoms with Crippen LogP contribution in [0.4, 0.5) is 10.5 Å². The first-order valence-electron chi connectivity index (χ1n) is 7.73. The van der Waals surface area contributed by atoms with Gasteiger partial charge in [-0.25, -0.2) is 4.79 Å². The molecule has 1 saturated heterocycles. The fourth-order valence-electron chi connectivity index (χ4n) is 2.44. The Morgan fingerprint density at radius 1 is 1.23 bits per heavy atom. The van der Waals surface area contributed by atoms with Gasteiger partial charge in [-0.1, -0.05) is 12.1 Å². The first-order valence-corrected chi connectivity index (χ1v) is 7.73. The van der Waals surface area contributed by atoms with E-state index in [1.807, 2.05) is 36.1 Å². The third kappa shape index (κ3) is 4.61. The number of carbonyl (C=O) groups is 1. The minimum atomic E-state index is -0.0708. The van der Waals surface area contributed by atoms with E-state index >= 15 is 0 Å². The minimum absolute atomic E-state index is 0.0708. The van der Waals surface area contributed by atoms with E-state index in [1.165, 1.54) is 0 Å². The van der Waals surface area contributed by atoms with E-state index < -0.39 is 0 Å². The van der Waals surface area contributed by atoms with Crippen molar-refractivity contribution in [2.24, 2.45) is 0 Å². The summed E-state index contributed by atoms with van der Waals surface area (Å²) >= 11 is 0. The van der Waals surface area contributed by atoms with Crippen molar-refractivity contribution >= 4 is 11.7 Å². The second kappa shape index (κ2) is 8.60. The molecule has 1 aromatic rings. The Morgan fingerprint density at radius 3 is 2.64 bits per heavy atom. The molecule has 2 rings (SSSR count). The summed E-state index contributed by atoms with van der Waals surface area (Å²) in [4.78, 5) is 16.5. The number of urea groups is 1. The van der Waals surface area contributed by atoms with Gasteiger partial charge in [0.05, 0.1) is 18.9 Å². The quantitative estimate of drug-likeness (QED) is 0.872. The summed E-state index contributed by atoms with van der Waals surface area (Å²) in [7, 11) is 1.71. The molecule has 122 valence electrons. The number of amides is 2. The number of para-hydroxylation sites is 2. The van der Waals surface area contributed by atoms with Crippen LogP contribution >= 0.6 is 0 Å². The lowest BCUT2D eigenvalue weighted by Gasteiger charge is -2.34. The number of ether oxygens (including phenoxy) is 2. The summed E-state index contributed by atoms with van der Waals surface area (Å²) in [6.07, 6.45) is 0. The molecule has 2 amide bonds. The van der Waals surface area contributed by atoms with Crippen LogP contribution in [0.2, 0.25) is 0 Å². The van der Waals surface area contributed by atoms with Crippen molar-refractivity contribution in [1.82, 2.24) is 9.80 Å². The molecule has 0 radical (unpaired) electrons. The smallest absolute Gasteiger partial charge is 0.322 e. The molecule has 0 spiro atoms. The topological polar surface area (TPSA) is 54.0 Å². The van der Waals surface area contributed by atoms with Crippen LogP contribution in [-0.2, 0) is 4.74 Å². The summed E-state index contributed by atoms with van der Waals surface area (Å²) in [5.41, 5.74) is 0.719. The standard InChI is InChI=1S/C16H25N3O3/c1-3-22-15-7-5-4-6-14(15)17-16(20)19-10-8-18(9-11-19)12-13-21-2/h4-7H,3,8-13H2,1-2H3,(H,17,20). The van der Waals surface area contributed by atoms with Gasteiger partial charge in [0.25, 0.3) is 0 Å². The predicted molar refractivity (Wildman–Crippen MR) is 86.5 cm³/mol. The van der Waals surface area contributed by atoms with Crippen molar-refractivity contribution in [2.45, 2.75) is 6.92 Å². The number of benzene rings is 1. The van der Waals surface area contributed by atoms with Gasteiger partial charge in [0, 0.05) is 39.8 Å². The lowest BCUT2D eigenvalue weighted by Crippen LogP contribution is -2.50. The highest BCUT2D eigenvalue weighted by atomic mass is 16.5. The number of hydrogen-bond acceptors (Lipinski definition) is 4. The zero-order chi connectivity index (χ0) is 15.8. The molecule has 6 nitrogen and oxygen atoms in total. The summed E-state index contributed by atoms with van der Waals surface area (Å²) in [6.45, 7) is 7.36. The number of methoxy groups -OCH3 is 1. The maximum Gasteiger partial charge on any atom is 0.322 e. The van der Waals surface area contributed by atoms with Crippen LogP contribution in [0.1, 0.15) is 6.92 Å². The number of nitrogens with zero attached hydrogens (tertiary/aromatic N) is 2. The Balaban J connectivity index is 1.86. The Morgan fingerprint density at radius 2 is 1.95 bits per heavy atom. The van der Waals surface area contributed by atoms with Gasteiger partial charge in [0.1, 0.15) is 5.75 Å². The lowest BCUT2D eigenvalue weighted by atomic mass is 10.3. The Bertz CT molecular complexity index is 473. The van der Waals surface area contributed by atoms with Gasteiger partial charge in [0.15, 0.2) is 0 Å². The van der Waals surface area contributed by atoms with E-state index in [4.69, 9.17) is 9.47 Å².